The molecular weight excluding hydrogens is 632 g/mol. The van der Waals surface area contributed by atoms with E-state index in [4.69, 9.17) is 46.4 Å². The number of H-pyrrole nitrogens is 1. The van der Waals surface area contributed by atoms with Gasteiger partial charge in [-0.05, 0) is 48.5 Å². The van der Waals surface area contributed by atoms with Crippen LogP contribution in [0.15, 0.2) is 75.2 Å². The van der Waals surface area contributed by atoms with Gasteiger partial charge in [-0.3, -0.25) is 14.6 Å². The molecule has 0 aliphatic heterocycles. The number of halogens is 4. The number of aromatic amines is 1. The van der Waals surface area contributed by atoms with Gasteiger partial charge < -0.3 is 5.32 Å². The minimum Gasteiger partial charge on any atom is -0.339 e. The lowest BCUT2D eigenvalue weighted by Crippen LogP contribution is -2.23. The molecule has 0 aliphatic carbocycles. The Balaban J connectivity index is 1.62. The van der Waals surface area contributed by atoms with Gasteiger partial charge in [0.25, 0.3) is 15.6 Å². The Morgan fingerprint density at radius 1 is 0.821 bits per heavy atom. The zero-order valence-electron chi connectivity index (χ0n) is 19.8. The lowest BCUT2D eigenvalue weighted by Gasteiger charge is -2.13. The molecule has 4 rings (SSSR count). The van der Waals surface area contributed by atoms with Crippen LogP contribution in [0.1, 0.15) is 6.92 Å². The van der Waals surface area contributed by atoms with Crippen molar-refractivity contribution in [3.05, 3.63) is 91.1 Å². The molecular formula is C23H19Cl4N5O5S2. The highest BCUT2D eigenvalue weighted by Crippen LogP contribution is 2.33. The van der Waals surface area contributed by atoms with Crippen molar-refractivity contribution in [2.75, 3.05) is 16.6 Å². The van der Waals surface area contributed by atoms with Crippen LogP contribution in [0, 0.1) is 0 Å². The first kappa shape index (κ1) is 29.3. The van der Waals surface area contributed by atoms with E-state index in [0.717, 1.165) is 10.7 Å². The fourth-order valence-corrected chi connectivity index (χ4v) is 6.91. The smallest absolute Gasteiger partial charge is 0.273 e. The van der Waals surface area contributed by atoms with Gasteiger partial charge in [0.15, 0.2) is 0 Å². The van der Waals surface area contributed by atoms with Crippen LogP contribution < -0.4 is 20.3 Å². The molecule has 0 aliphatic rings. The fraction of sp³-hybridized carbons (Fsp3) is 0.0870. The molecule has 4 N–H and O–H groups in total. The number of nitrogens with zero attached hydrogens (tertiary/aromatic N) is 1. The Morgan fingerprint density at radius 2 is 1.46 bits per heavy atom. The summed E-state index contributed by atoms with van der Waals surface area (Å²) in [6.45, 7) is 1.75. The Labute approximate surface area is 243 Å². The van der Waals surface area contributed by atoms with Crippen molar-refractivity contribution in [2.45, 2.75) is 16.7 Å². The van der Waals surface area contributed by atoms with E-state index >= 15 is 0 Å². The molecule has 0 unspecified atom stereocenters. The lowest BCUT2D eigenvalue weighted by molar-refractivity contribution is 0.583. The molecule has 0 saturated carbocycles. The third-order valence-corrected chi connectivity index (χ3v) is 9.22. The summed E-state index contributed by atoms with van der Waals surface area (Å²) in [4.78, 5) is 12.2. The van der Waals surface area contributed by atoms with E-state index < -0.39 is 25.6 Å². The number of sulfonamides is 2. The van der Waals surface area contributed by atoms with Crippen LogP contribution in [0.2, 0.25) is 20.1 Å². The lowest BCUT2D eigenvalue weighted by atomic mass is 10.3. The number of nitrogens with one attached hydrogen (secondary N) is 4. The molecule has 0 spiro atoms. The predicted octanol–water partition coefficient (Wildman–Crippen LogP) is 5.62. The summed E-state index contributed by atoms with van der Waals surface area (Å²) in [5, 5.41) is 6.53. The van der Waals surface area contributed by atoms with Crippen LogP contribution in [0.4, 0.5) is 17.2 Å². The number of benzene rings is 3. The summed E-state index contributed by atoms with van der Waals surface area (Å²) >= 11 is 24.7. The van der Waals surface area contributed by atoms with Gasteiger partial charge in [-0.1, -0.05) is 59.4 Å². The SMILES string of the molecule is CCNS(=O)(=O)c1cccc(S(=O)(=O)Nc2ccc(Cl)c(Nc3cc(=O)n(-c4c(Cl)cc(Cl)cc4Cl)[nH]3)c2)c1. The normalized spacial score (nSPS) is 11.9. The van der Waals surface area contributed by atoms with Crippen LogP contribution in [-0.2, 0) is 20.0 Å². The molecule has 0 saturated heterocycles. The summed E-state index contributed by atoms with van der Waals surface area (Å²) in [5.41, 5.74) is 0.0604. The Morgan fingerprint density at radius 3 is 2.10 bits per heavy atom. The zero-order valence-corrected chi connectivity index (χ0v) is 24.5. The molecule has 39 heavy (non-hydrogen) atoms. The van der Waals surface area contributed by atoms with Crippen LogP contribution >= 0.6 is 46.4 Å². The van der Waals surface area contributed by atoms with Crippen molar-refractivity contribution in [2.24, 2.45) is 0 Å². The van der Waals surface area contributed by atoms with Gasteiger partial charge >= 0.3 is 0 Å². The molecule has 4 aromatic rings. The van der Waals surface area contributed by atoms with Crippen molar-refractivity contribution < 1.29 is 16.8 Å². The quantitative estimate of drug-likeness (QED) is 0.185. The number of aromatic nitrogens is 2. The number of rotatable bonds is 9. The molecule has 1 heterocycles. The molecule has 10 nitrogen and oxygen atoms in total. The van der Waals surface area contributed by atoms with Gasteiger partial charge in [-0.25, -0.2) is 26.2 Å². The van der Waals surface area contributed by atoms with Crippen molar-refractivity contribution in [1.82, 2.24) is 14.5 Å². The van der Waals surface area contributed by atoms with Crippen molar-refractivity contribution in [1.29, 1.82) is 0 Å². The monoisotopic (exact) mass is 649 g/mol. The van der Waals surface area contributed by atoms with Crippen molar-refractivity contribution in [3.8, 4) is 5.69 Å². The average Bonchev–Trinajstić information content (AvgIpc) is 3.20. The fourth-order valence-electron chi connectivity index (χ4n) is 3.50. The van der Waals surface area contributed by atoms with Gasteiger partial charge in [0.1, 0.15) is 11.5 Å². The zero-order chi connectivity index (χ0) is 28.5. The van der Waals surface area contributed by atoms with Crippen LogP contribution in [-0.4, -0.2) is 33.2 Å². The van der Waals surface area contributed by atoms with E-state index in [1.54, 1.807) is 6.92 Å². The highest BCUT2D eigenvalue weighted by molar-refractivity contribution is 7.93. The van der Waals surface area contributed by atoms with Gasteiger partial charge in [0.05, 0.1) is 36.2 Å². The molecule has 1 aromatic heterocycles. The van der Waals surface area contributed by atoms with Crippen molar-refractivity contribution >= 4 is 83.6 Å². The van der Waals surface area contributed by atoms with Gasteiger partial charge in [-0.15, -0.1) is 0 Å². The first-order valence-electron chi connectivity index (χ1n) is 11.0. The number of hydrogen-bond donors (Lipinski definition) is 4. The van der Waals surface area contributed by atoms with Gasteiger partial charge in [0, 0.05) is 17.6 Å². The summed E-state index contributed by atoms with van der Waals surface area (Å²) in [5.74, 6) is 0.199. The summed E-state index contributed by atoms with van der Waals surface area (Å²) in [6.07, 6.45) is 0. The highest BCUT2D eigenvalue weighted by atomic mass is 35.5. The first-order valence-corrected chi connectivity index (χ1v) is 15.4. The summed E-state index contributed by atoms with van der Waals surface area (Å²) in [6, 6.07) is 13.3. The van der Waals surface area contributed by atoms with Crippen LogP contribution in [0.5, 0.6) is 0 Å². The van der Waals surface area contributed by atoms with Crippen LogP contribution in [0.3, 0.4) is 0 Å². The number of anilines is 3. The Bertz CT molecular complexity index is 1820. The maximum absolute atomic E-state index is 13.0. The minimum absolute atomic E-state index is 0.118. The highest BCUT2D eigenvalue weighted by Gasteiger charge is 2.20. The Kier molecular flexibility index (Phi) is 8.57. The van der Waals surface area contributed by atoms with Gasteiger partial charge in [-0.2, -0.15) is 0 Å². The van der Waals surface area contributed by atoms with E-state index in [1.165, 1.54) is 54.6 Å². The number of hydrogen-bond acceptors (Lipinski definition) is 6. The van der Waals surface area contributed by atoms with Crippen molar-refractivity contribution in [3.63, 3.8) is 0 Å². The second-order valence-corrected chi connectivity index (χ2v) is 13.1. The van der Waals surface area contributed by atoms with E-state index in [-0.39, 0.29) is 54.3 Å². The second-order valence-electron chi connectivity index (χ2n) is 7.96. The topological polar surface area (TPSA) is 142 Å². The standard InChI is InChI=1S/C23H19Cl4N5O5S2/c1-2-28-38(34,35)15-4-3-5-16(11-15)39(36,37)31-14-6-7-17(25)20(10-14)29-21-12-22(33)32(30-21)23-18(26)8-13(24)9-19(23)27/h3-12,28-31H,2H2,1H3. The van der Waals surface area contributed by atoms with E-state index in [2.05, 4.69) is 19.9 Å². The van der Waals surface area contributed by atoms with Gasteiger partial charge in [0.2, 0.25) is 10.0 Å². The third kappa shape index (κ3) is 6.55. The molecule has 0 radical (unpaired) electrons. The molecule has 0 amide bonds. The third-order valence-electron chi connectivity index (χ3n) is 5.17. The molecule has 0 bridgehead atoms. The molecule has 0 fully saturated rings. The summed E-state index contributed by atoms with van der Waals surface area (Å²) < 4.78 is 56.5. The molecule has 3 aromatic carbocycles. The average molecular weight is 651 g/mol. The second kappa shape index (κ2) is 11.4. The maximum Gasteiger partial charge on any atom is 0.273 e. The predicted molar refractivity (Wildman–Crippen MR) is 154 cm³/mol. The molecule has 206 valence electrons. The Hall–Kier alpha value is -2.71. The largest absolute Gasteiger partial charge is 0.339 e. The van der Waals surface area contributed by atoms with Crippen LogP contribution in [0.25, 0.3) is 5.69 Å². The summed E-state index contributed by atoms with van der Waals surface area (Å²) in [7, 11) is -8.05. The molecule has 0 atom stereocenters. The first-order chi connectivity index (χ1) is 18.3. The minimum atomic E-state index is -4.18. The molecule has 16 heteroatoms. The maximum atomic E-state index is 13.0. The van der Waals surface area contributed by atoms with E-state index in [9.17, 15) is 21.6 Å². The van der Waals surface area contributed by atoms with E-state index in [0.29, 0.717) is 5.02 Å². The van der Waals surface area contributed by atoms with E-state index in [1.807, 2.05) is 0 Å².